The summed E-state index contributed by atoms with van der Waals surface area (Å²) in [6.45, 7) is 4.17. The minimum atomic E-state index is 0.118. The van der Waals surface area contributed by atoms with Crippen LogP contribution < -0.4 is 5.32 Å². The van der Waals surface area contributed by atoms with Crippen LogP contribution in [0, 0.1) is 13.8 Å². The van der Waals surface area contributed by atoms with Crippen LogP contribution in [-0.4, -0.2) is 11.9 Å². The number of amides is 1. The average Bonchev–Trinajstić information content (AvgIpc) is 2.71. The first kappa shape index (κ1) is 15.1. The zero-order valence-electron chi connectivity index (χ0n) is 13.6. The molecule has 0 atom stereocenters. The van der Waals surface area contributed by atoms with Crippen molar-refractivity contribution in [3.8, 4) is 0 Å². The normalized spacial score (nSPS) is 16.6. The van der Waals surface area contributed by atoms with E-state index in [0.717, 1.165) is 29.4 Å². The van der Waals surface area contributed by atoms with Gasteiger partial charge in [-0.2, -0.15) is 0 Å². The Morgan fingerprint density at radius 1 is 1.14 bits per heavy atom. The van der Waals surface area contributed by atoms with Crippen LogP contribution in [0.15, 0.2) is 22.8 Å². The van der Waals surface area contributed by atoms with Crippen LogP contribution in [0.2, 0.25) is 0 Å². The van der Waals surface area contributed by atoms with Gasteiger partial charge >= 0.3 is 0 Å². The molecule has 0 saturated heterocycles. The van der Waals surface area contributed by atoms with Gasteiger partial charge in [0.2, 0.25) is 5.91 Å². The number of fused-ring (bicyclic) bond motifs is 1. The van der Waals surface area contributed by atoms with E-state index in [9.17, 15) is 4.79 Å². The molecule has 0 spiro atoms. The molecule has 1 amide bonds. The van der Waals surface area contributed by atoms with Crippen molar-refractivity contribution in [2.75, 3.05) is 0 Å². The molecule has 1 aliphatic carbocycles. The predicted molar refractivity (Wildman–Crippen MR) is 89.0 cm³/mol. The predicted octanol–water partition coefficient (Wildman–Crippen LogP) is 4.43. The van der Waals surface area contributed by atoms with Gasteiger partial charge in [0.1, 0.15) is 5.58 Å². The fourth-order valence-electron chi connectivity index (χ4n) is 3.35. The van der Waals surface area contributed by atoms with E-state index in [1.165, 1.54) is 36.8 Å². The second-order valence-electron chi connectivity index (χ2n) is 6.63. The summed E-state index contributed by atoms with van der Waals surface area (Å²) in [5, 5.41) is 4.28. The van der Waals surface area contributed by atoms with Crippen molar-refractivity contribution in [2.24, 2.45) is 0 Å². The lowest BCUT2D eigenvalue weighted by molar-refractivity contribution is -0.121. The highest BCUT2D eigenvalue weighted by Gasteiger charge is 2.16. The number of furan rings is 1. The third kappa shape index (κ3) is 3.34. The number of nitrogens with one attached hydrogen (secondary N) is 1. The molecule has 0 radical (unpaired) electrons. The van der Waals surface area contributed by atoms with Crippen LogP contribution in [0.3, 0.4) is 0 Å². The molecule has 1 aromatic carbocycles. The summed E-state index contributed by atoms with van der Waals surface area (Å²) in [6.07, 6.45) is 9.46. The molecule has 1 aromatic heterocycles. The maximum Gasteiger partial charge on any atom is 0.224 e. The van der Waals surface area contributed by atoms with Gasteiger partial charge in [0.25, 0.3) is 0 Å². The molecule has 2 aromatic rings. The summed E-state index contributed by atoms with van der Waals surface area (Å²) in [5.41, 5.74) is 4.32. The van der Waals surface area contributed by atoms with E-state index in [-0.39, 0.29) is 5.91 Å². The zero-order valence-corrected chi connectivity index (χ0v) is 13.6. The van der Waals surface area contributed by atoms with Crippen molar-refractivity contribution in [1.29, 1.82) is 0 Å². The number of benzene rings is 1. The molecule has 1 N–H and O–H groups in total. The fraction of sp³-hybridized carbons (Fsp3) is 0.526. The van der Waals surface area contributed by atoms with Crippen molar-refractivity contribution in [1.82, 2.24) is 5.32 Å². The Kier molecular flexibility index (Phi) is 4.51. The van der Waals surface area contributed by atoms with Gasteiger partial charge in [0.05, 0.1) is 12.7 Å². The minimum absolute atomic E-state index is 0.118. The highest BCUT2D eigenvalue weighted by atomic mass is 16.3. The van der Waals surface area contributed by atoms with Crippen molar-refractivity contribution in [3.63, 3.8) is 0 Å². The molecule has 3 nitrogen and oxygen atoms in total. The average molecular weight is 299 g/mol. The van der Waals surface area contributed by atoms with E-state index in [1.54, 1.807) is 6.26 Å². The molecule has 1 fully saturated rings. The third-order valence-electron chi connectivity index (χ3n) is 4.84. The standard InChI is InChI=1S/C19H25NO2/c1-13-9-17-15(12-22-18(17)10-14(13)2)11-19(21)20-16-7-5-3-4-6-8-16/h9-10,12,16H,3-8,11H2,1-2H3,(H,20,21). The summed E-state index contributed by atoms with van der Waals surface area (Å²) >= 11 is 0. The van der Waals surface area contributed by atoms with E-state index in [4.69, 9.17) is 4.42 Å². The minimum Gasteiger partial charge on any atom is -0.464 e. The van der Waals surface area contributed by atoms with Gasteiger partial charge in [-0.25, -0.2) is 0 Å². The number of hydrogen-bond acceptors (Lipinski definition) is 2. The van der Waals surface area contributed by atoms with Crippen molar-refractivity contribution >= 4 is 16.9 Å². The van der Waals surface area contributed by atoms with Crippen molar-refractivity contribution in [2.45, 2.75) is 64.8 Å². The topological polar surface area (TPSA) is 42.2 Å². The molecule has 0 bridgehead atoms. The molecule has 1 aliphatic rings. The van der Waals surface area contributed by atoms with Crippen LogP contribution in [0.1, 0.15) is 55.2 Å². The monoisotopic (exact) mass is 299 g/mol. The lowest BCUT2D eigenvalue weighted by Crippen LogP contribution is -2.35. The number of carbonyl (C=O) groups is 1. The Hall–Kier alpha value is -1.77. The molecular formula is C19H25NO2. The van der Waals surface area contributed by atoms with Gasteiger partial charge in [0, 0.05) is 17.0 Å². The Bertz CT molecular complexity index is 663. The molecule has 1 heterocycles. The molecule has 118 valence electrons. The molecule has 1 saturated carbocycles. The maximum absolute atomic E-state index is 12.3. The lowest BCUT2D eigenvalue weighted by Gasteiger charge is -2.15. The SMILES string of the molecule is Cc1cc2occ(CC(=O)NC3CCCCCC3)c2cc1C. The van der Waals surface area contributed by atoms with Gasteiger partial charge in [0.15, 0.2) is 0 Å². The summed E-state index contributed by atoms with van der Waals surface area (Å²) in [5.74, 6) is 0.118. The smallest absolute Gasteiger partial charge is 0.224 e. The number of hydrogen-bond donors (Lipinski definition) is 1. The Morgan fingerprint density at radius 2 is 1.82 bits per heavy atom. The first-order valence-corrected chi connectivity index (χ1v) is 8.40. The van der Waals surface area contributed by atoms with E-state index < -0.39 is 0 Å². The Balaban J connectivity index is 1.69. The van der Waals surface area contributed by atoms with Gasteiger partial charge in [-0.3, -0.25) is 4.79 Å². The number of aryl methyl sites for hydroxylation is 2. The molecule has 0 aliphatic heterocycles. The quantitative estimate of drug-likeness (QED) is 0.852. The van der Waals surface area contributed by atoms with Crippen molar-refractivity contribution < 1.29 is 9.21 Å². The van der Waals surface area contributed by atoms with Gasteiger partial charge < -0.3 is 9.73 Å². The van der Waals surface area contributed by atoms with Crippen LogP contribution in [-0.2, 0) is 11.2 Å². The van der Waals surface area contributed by atoms with Gasteiger partial charge in [-0.15, -0.1) is 0 Å². The maximum atomic E-state index is 12.3. The number of rotatable bonds is 3. The highest BCUT2D eigenvalue weighted by molar-refractivity contribution is 5.88. The number of carbonyl (C=O) groups excluding carboxylic acids is 1. The van der Waals surface area contributed by atoms with Crippen LogP contribution >= 0.6 is 0 Å². The summed E-state index contributed by atoms with van der Waals surface area (Å²) in [6, 6.07) is 4.54. The van der Waals surface area contributed by atoms with Gasteiger partial charge in [-0.05, 0) is 49.9 Å². The van der Waals surface area contributed by atoms with E-state index in [1.807, 2.05) is 0 Å². The third-order valence-corrected chi connectivity index (χ3v) is 4.84. The first-order chi connectivity index (χ1) is 10.6. The molecule has 22 heavy (non-hydrogen) atoms. The largest absolute Gasteiger partial charge is 0.464 e. The van der Waals surface area contributed by atoms with E-state index in [2.05, 4.69) is 31.3 Å². The molecule has 0 unspecified atom stereocenters. The molecular weight excluding hydrogens is 274 g/mol. The summed E-state index contributed by atoms with van der Waals surface area (Å²) in [4.78, 5) is 12.3. The van der Waals surface area contributed by atoms with Crippen LogP contribution in [0.25, 0.3) is 11.0 Å². The summed E-state index contributed by atoms with van der Waals surface area (Å²) < 4.78 is 5.62. The van der Waals surface area contributed by atoms with Crippen LogP contribution in [0.4, 0.5) is 0 Å². The van der Waals surface area contributed by atoms with Crippen molar-refractivity contribution in [3.05, 3.63) is 35.1 Å². The van der Waals surface area contributed by atoms with E-state index >= 15 is 0 Å². The summed E-state index contributed by atoms with van der Waals surface area (Å²) in [7, 11) is 0. The highest BCUT2D eigenvalue weighted by Crippen LogP contribution is 2.25. The zero-order chi connectivity index (χ0) is 15.5. The first-order valence-electron chi connectivity index (χ1n) is 8.40. The molecule has 3 rings (SSSR count). The Labute approximate surface area is 132 Å². The van der Waals surface area contributed by atoms with E-state index in [0.29, 0.717) is 12.5 Å². The molecule has 3 heteroatoms. The second kappa shape index (κ2) is 6.55. The van der Waals surface area contributed by atoms with Gasteiger partial charge in [-0.1, -0.05) is 25.7 Å². The Morgan fingerprint density at radius 3 is 2.55 bits per heavy atom. The van der Waals surface area contributed by atoms with Crippen LogP contribution in [0.5, 0.6) is 0 Å². The lowest BCUT2D eigenvalue weighted by atomic mass is 10.0. The fourth-order valence-corrected chi connectivity index (χ4v) is 3.35. The second-order valence-corrected chi connectivity index (χ2v) is 6.63.